The Balaban J connectivity index is 0. The van der Waals surface area contributed by atoms with Crippen LogP contribution < -0.4 is 5.73 Å². The molecule has 0 aromatic rings. The summed E-state index contributed by atoms with van der Waals surface area (Å²) in [5.41, 5.74) is 4.26. The number of primary amides is 1. The molecule has 1 amide bonds. The topological polar surface area (TPSA) is 70.8 Å². The number of hydrogen-bond acceptors (Lipinski definition) is 4. The molecule has 0 radical (unpaired) electrons. The minimum absolute atomic E-state index is 0.453. The van der Waals surface area contributed by atoms with Crippen molar-refractivity contribution < 1.29 is 19.0 Å². The number of rotatable bonds is 6. The molecule has 0 aliphatic carbocycles. The summed E-state index contributed by atoms with van der Waals surface area (Å²) in [5.74, 6) is 0.667. The fourth-order valence-corrected chi connectivity index (χ4v) is 1.25. The van der Waals surface area contributed by atoms with Gasteiger partial charge in [-0.25, -0.2) is 4.79 Å². The van der Waals surface area contributed by atoms with Crippen molar-refractivity contribution in [3.63, 3.8) is 0 Å². The summed E-state index contributed by atoms with van der Waals surface area (Å²) < 4.78 is 14.5. The third-order valence-corrected chi connectivity index (χ3v) is 1.90. The molecule has 0 aromatic heterocycles. The van der Waals surface area contributed by atoms with Crippen LogP contribution in [0.25, 0.3) is 0 Å². The van der Waals surface area contributed by atoms with Crippen LogP contribution in [0.2, 0.25) is 0 Å². The number of carbonyl (C=O) groups excluding carboxylic acids is 1. The van der Waals surface area contributed by atoms with Crippen molar-refractivity contribution in [2.24, 2.45) is 11.7 Å². The lowest BCUT2D eigenvalue weighted by Crippen LogP contribution is -2.27. The molecule has 1 unspecified atom stereocenters. The molecule has 0 aliphatic heterocycles. The van der Waals surface area contributed by atoms with Crippen LogP contribution in [-0.2, 0) is 14.2 Å². The first-order valence-electron chi connectivity index (χ1n) is 6.19. The van der Waals surface area contributed by atoms with Crippen LogP contribution in [0.3, 0.4) is 0 Å². The smallest absolute Gasteiger partial charge is 0.405 e. The van der Waals surface area contributed by atoms with Crippen LogP contribution in [0, 0.1) is 5.92 Å². The molecule has 0 heterocycles. The second kappa shape index (κ2) is 11.3. The van der Waals surface area contributed by atoms with Crippen LogP contribution in [0.4, 0.5) is 4.79 Å². The number of ether oxygens (including phenoxy) is 3. The van der Waals surface area contributed by atoms with Crippen LogP contribution >= 0.6 is 0 Å². The molecule has 0 saturated carbocycles. The maximum atomic E-state index is 10.0. The van der Waals surface area contributed by atoms with E-state index >= 15 is 0 Å². The second-order valence-corrected chi connectivity index (χ2v) is 5.23. The Kier molecular flexibility index (Phi) is 12.2. The van der Waals surface area contributed by atoms with Crippen molar-refractivity contribution in [1.29, 1.82) is 0 Å². The van der Waals surface area contributed by atoms with E-state index in [4.69, 9.17) is 15.2 Å². The maximum absolute atomic E-state index is 10.0. The number of hydrogen-bond donors (Lipinski definition) is 1. The lowest BCUT2D eigenvalue weighted by atomic mass is 10.1. The first-order chi connectivity index (χ1) is 8.22. The van der Waals surface area contributed by atoms with Crippen molar-refractivity contribution in [3.8, 4) is 0 Å². The van der Waals surface area contributed by atoms with Crippen molar-refractivity contribution >= 4 is 6.09 Å². The van der Waals surface area contributed by atoms with Gasteiger partial charge in [-0.05, 0) is 39.5 Å². The summed E-state index contributed by atoms with van der Waals surface area (Å²) in [5, 5.41) is 0. The lowest BCUT2D eigenvalue weighted by molar-refractivity contribution is 0.0600. The fraction of sp³-hybridized carbons (Fsp3) is 0.923. The minimum Gasteiger partial charge on any atom is -0.444 e. The van der Waals surface area contributed by atoms with Gasteiger partial charge in [-0.2, -0.15) is 0 Å². The Bertz CT molecular complexity index is 202. The third-order valence-electron chi connectivity index (χ3n) is 1.90. The monoisotopic (exact) mass is 263 g/mol. The zero-order valence-corrected chi connectivity index (χ0v) is 12.6. The van der Waals surface area contributed by atoms with Crippen molar-refractivity contribution in [1.82, 2.24) is 0 Å². The number of methoxy groups -OCH3 is 2. The molecule has 0 rings (SSSR count). The molecule has 1 atom stereocenters. The highest BCUT2D eigenvalue weighted by molar-refractivity contribution is 5.65. The molecule has 0 aliphatic rings. The zero-order valence-electron chi connectivity index (χ0n) is 12.6. The minimum atomic E-state index is -0.725. The van der Waals surface area contributed by atoms with E-state index < -0.39 is 11.7 Å². The first-order valence-corrected chi connectivity index (χ1v) is 6.19. The SMILES string of the molecule is CC(C)(C)OC(N)=O.COCCCC(C)COC. The van der Waals surface area contributed by atoms with E-state index in [0.717, 1.165) is 19.6 Å². The Hall–Kier alpha value is -0.810. The fourth-order valence-electron chi connectivity index (χ4n) is 1.25. The largest absolute Gasteiger partial charge is 0.444 e. The summed E-state index contributed by atoms with van der Waals surface area (Å²) in [6, 6.07) is 0. The molecule has 0 aromatic carbocycles. The number of amides is 1. The Morgan fingerprint density at radius 2 is 1.78 bits per heavy atom. The summed E-state index contributed by atoms with van der Waals surface area (Å²) in [7, 11) is 3.48. The summed E-state index contributed by atoms with van der Waals surface area (Å²) in [6.07, 6.45) is 1.61. The average molecular weight is 263 g/mol. The zero-order chi connectivity index (χ0) is 14.6. The number of nitrogens with two attached hydrogens (primary N) is 1. The van der Waals surface area contributed by atoms with E-state index in [-0.39, 0.29) is 0 Å². The molecule has 18 heavy (non-hydrogen) atoms. The van der Waals surface area contributed by atoms with Crippen molar-refractivity contribution in [2.75, 3.05) is 27.4 Å². The van der Waals surface area contributed by atoms with Crippen LogP contribution in [0.15, 0.2) is 0 Å². The highest BCUT2D eigenvalue weighted by Crippen LogP contribution is 2.05. The third kappa shape index (κ3) is 20.6. The van der Waals surface area contributed by atoms with Gasteiger partial charge in [0.2, 0.25) is 0 Å². The van der Waals surface area contributed by atoms with E-state index in [1.807, 2.05) is 0 Å². The normalized spacial score (nSPS) is 12.3. The lowest BCUT2D eigenvalue weighted by Gasteiger charge is -2.16. The molecule has 5 heteroatoms. The highest BCUT2D eigenvalue weighted by Gasteiger charge is 2.12. The van der Waals surface area contributed by atoms with E-state index in [0.29, 0.717) is 5.92 Å². The highest BCUT2D eigenvalue weighted by atomic mass is 16.6. The van der Waals surface area contributed by atoms with Gasteiger partial charge in [-0.3, -0.25) is 0 Å². The van der Waals surface area contributed by atoms with Gasteiger partial charge in [0.15, 0.2) is 0 Å². The van der Waals surface area contributed by atoms with Gasteiger partial charge in [0.1, 0.15) is 5.60 Å². The van der Waals surface area contributed by atoms with Gasteiger partial charge in [0.05, 0.1) is 0 Å². The average Bonchev–Trinajstić information content (AvgIpc) is 2.15. The van der Waals surface area contributed by atoms with Gasteiger partial charge in [0, 0.05) is 27.4 Å². The van der Waals surface area contributed by atoms with E-state index in [9.17, 15) is 4.79 Å². The molecule has 2 N–H and O–H groups in total. The van der Waals surface area contributed by atoms with Gasteiger partial charge < -0.3 is 19.9 Å². The van der Waals surface area contributed by atoms with Crippen LogP contribution in [0.1, 0.15) is 40.5 Å². The van der Waals surface area contributed by atoms with Gasteiger partial charge in [-0.15, -0.1) is 0 Å². The first kappa shape index (κ1) is 19.5. The Labute approximate surface area is 111 Å². The van der Waals surface area contributed by atoms with Gasteiger partial charge >= 0.3 is 6.09 Å². The molecular formula is C13H29NO4. The van der Waals surface area contributed by atoms with Crippen molar-refractivity contribution in [3.05, 3.63) is 0 Å². The Morgan fingerprint density at radius 1 is 1.22 bits per heavy atom. The van der Waals surface area contributed by atoms with Crippen molar-refractivity contribution in [2.45, 2.75) is 46.1 Å². The molecule has 0 saturated heterocycles. The molecule has 0 bridgehead atoms. The molecular weight excluding hydrogens is 234 g/mol. The van der Waals surface area contributed by atoms with E-state index in [1.54, 1.807) is 35.0 Å². The van der Waals surface area contributed by atoms with Crippen LogP contribution in [0.5, 0.6) is 0 Å². The maximum Gasteiger partial charge on any atom is 0.405 e. The molecule has 0 spiro atoms. The summed E-state index contributed by atoms with van der Waals surface area (Å²) in [4.78, 5) is 10.0. The molecule has 110 valence electrons. The predicted molar refractivity (Wildman–Crippen MR) is 72.6 cm³/mol. The van der Waals surface area contributed by atoms with Gasteiger partial charge in [-0.1, -0.05) is 6.92 Å². The quantitative estimate of drug-likeness (QED) is 0.748. The summed E-state index contributed by atoms with van der Waals surface area (Å²) >= 11 is 0. The molecule has 0 fully saturated rings. The predicted octanol–water partition coefficient (Wildman–Crippen LogP) is 2.58. The number of carbonyl (C=O) groups is 1. The van der Waals surface area contributed by atoms with Crippen LogP contribution in [-0.4, -0.2) is 39.1 Å². The Morgan fingerprint density at radius 3 is 2.06 bits per heavy atom. The van der Waals surface area contributed by atoms with E-state index in [1.165, 1.54) is 6.42 Å². The summed E-state index contributed by atoms with van der Waals surface area (Å²) in [6.45, 7) is 9.21. The second-order valence-electron chi connectivity index (χ2n) is 5.23. The standard InChI is InChI=1S/C8H18O2.C5H11NO2/c1-8(7-10-3)5-4-6-9-2;1-5(2,3)8-4(6)7/h8H,4-7H2,1-3H3;1-3H3,(H2,6,7). The van der Waals surface area contributed by atoms with E-state index in [2.05, 4.69) is 11.7 Å². The molecule has 5 nitrogen and oxygen atoms in total. The van der Waals surface area contributed by atoms with Gasteiger partial charge in [0.25, 0.3) is 0 Å².